The van der Waals surface area contributed by atoms with Crippen LogP contribution in [0.2, 0.25) is 0 Å². The quantitative estimate of drug-likeness (QED) is 0.759. The monoisotopic (exact) mass is 402 g/mol. The Morgan fingerprint density at radius 3 is 2.47 bits per heavy atom. The molecule has 1 atom stereocenters. The lowest BCUT2D eigenvalue weighted by Gasteiger charge is -2.12. The highest BCUT2D eigenvalue weighted by Crippen LogP contribution is 2.37. The molecule has 84 valence electrons. The zero-order valence-electron chi connectivity index (χ0n) is 7.58. The number of hydrogen-bond acceptors (Lipinski definition) is 3. The van der Waals surface area contributed by atoms with E-state index in [2.05, 4.69) is 47.8 Å². The molecule has 1 aromatic carbocycles. The van der Waals surface area contributed by atoms with E-state index in [-0.39, 0.29) is 13.2 Å². The van der Waals surface area contributed by atoms with Gasteiger partial charge >= 0.3 is 0 Å². The van der Waals surface area contributed by atoms with Crippen molar-refractivity contribution < 1.29 is 14.9 Å². The Kier molecular flexibility index (Phi) is 5.56. The van der Waals surface area contributed by atoms with Gasteiger partial charge in [0, 0.05) is 8.95 Å². The smallest absolute Gasteiger partial charge is 0.134 e. The van der Waals surface area contributed by atoms with E-state index < -0.39 is 6.10 Å². The molecule has 0 bridgehead atoms. The van der Waals surface area contributed by atoms with E-state index in [1.807, 2.05) is 6.07 Å². The molecule has 1 rings (SSSR count). The van der Waals surface area contributed by atoms with Crippen molar-refractivity contribution in [1.82, 2.24) is 0 Å². The van der Waals surface area contributed by atoms with Crippen LogP contribution < -0.4 is 4.74 Å². The van der Waals surface area contributed by atoms with Crippen LogP contribution >= 0.6 is 47.8 Å². The highest BCUT2D eigenvalue weighted by atomic mass is 79.9. The SMILES string of the molecule is OCC(O)COc1ccc(Br)c(Br)c1Br. The maximum absolute atomic E-state index is 9.12. The number of hydrogen-bond donors (Lipinski definition) is 2. The molecule has 15 heavy (non-hydrogen) atoms. The summed E-state index contributed by atoms with van der Waals surface area (Å²) < 4.78 is 7.84. The molecule has 2 N–H and O–H groups in total. The van der Waals surface area contributed by atoms with Crippen LogP contribution in [0.1, 0.15) is 0 Å². The Bertz CT molecular complexity index is 344. The van der Waals surface area contributed by atoms with Gasteiger partial charge in [0.05, 0.1) is 11.1 Å². The van der Waals surface area contributed by atoms with Gasteiger partial charge in [-0.25, -0.2) is 0 Å². The number of aliphatic hydroxyl groups is 2. The van der Waals surface area contributed by atoms with Gasteiger partial charge in [-0.1, -0.05) is 0 Å². The molecule has 0 aromatic heterocycles. The first-order chi connectivity index (χ1) is 7.06. The summed E-state index contributed by atoms with van der Waals surface area (Å²) in [6.07, 6.45) is -0.862. The Hall–Kier alpha value is 0.380. The normalized spacial score (nSPS) is 12.6. The van der Waals surface area contributed by atoms with Crippen molar-refractivity contribution >= 4 is 47.8 Å². The summed E-state index contributed by atoms with van der Waals surface area (Å²) >= 11 is 10.1. The third-order valence-electron chi connectivity index (χ3n) is 1.64. The fraction of sp³-hybridized carbons (Fsp3) is 0.333. The summed E-state index contributed by atoms with van der Waals surface area (Å²) in [7, 11) is 0. The fourth-order valence-electron chi connectivity index (χ4n) is 0.858. The van der Waals surface area contributed by atoms with Gasteiger partial charge in [0.25, 0.3) is 0 Å². The Morgan fingerprint density at radius 1 is 1.20 bits per heavy atom. The zero-order valence-corrected chi connectivity index (χ0v) is 12.3. The second-order valence-electron chi connectivity index (χ2n) is 2.82. The summed E-state index contributed by atoms with van der Waals surface area (Å²) in [5.41, 5.74) is 0. The van der Waals surface area contributed by atoms with Crippen LogP contribution in [-0.2, 0) is 0 Å². The van der Waals surface area contributed by atoms with Gasteiger partial charge < -0.3 is 14.9 Å². The fourth-order valence-corrected chi connectivity index (χ4v) is 2.24. The summed E-state index contributed by atoms with van der Waals surface area (Å²) in [5, 5.41) is 17.7. The predicted octanol–water partition coefficient (Wildman–Crippen LogP) is 2.71. The maximum atomic E-state index is 9.12. The van der Waals surface area contributed by atoms with Crippen molar-refractivity contribution in [2.75, 3.05) is 13.2 Å². The lowest BCUT2D eigenvalue weighted by atomic mass is 10.3. The molecule has 0 saturated carbocycles. The van der Waals surface area contributed by atoms with E-state index in [0.717, 1.165) is 13.4 Å². The van der Waals surface area contributed by atoms with Crippen LogP contribution in [0, 0.1) is 0 Å². The van der Waals surface area contributed by atoms with E-state index in [9.17, 15) is 0 Å². The highest BCUT2D eigenvalue weighted by Gasteiger charge is 2.10. The molecule has 0 aliphatic rings. The second-order valence-corrected chi connectivity index (χ2v) is 5.26. The van der Waals surface area contributed by atoms with E-state index in [1.165, 1.54) is 0 Å². The molecule has 1 unspecified atom stereocenters. The second kappa shape index (κ2) is 6.20. The third-order valence-corrected chi connectivity index (χ3v) is 4.98. The van der Waals surface area contributed by atoms with Gasteiger partial charge in [-0.2, -0.15) is 0 Å². The largest absolute Gasteiger partial charge is 0.490 e. The molecule has 1 aromatic rings. The van der Waals surface area contributed by atoms with Gasteiger partial charge in [0.15, 0.2) is 0 Å². The van der Waals surface area contributed by atoms with Crippen molar-refractivity contribution in [2.45, 2.75) is 6.10 Å². The molecule has 0 aliphatic carbocycles. The summed E-state index contributed by atoms with van der Waals surface area (Å²) in [6.45, 7) is -0.251. The Labute approximate surface area is 113 Å². The molecular weight excluding hydrogens is 396 g/mol. The molecule has 0 saturated heterocycles. The lowest BCUT2D eigenvalue weighted by Crippen LogP contribution is -2.21. The van der Waals surface area contributed by atoms with E-state index >= 15 is 0 Å². The molecule has 6 heteroatoms. The van der Waals surface area contributed by atoms with Gasteiger partial charge in [-0.3, -0.25) is 0 Å². The molecule has 0 amide bonds. The standard InChI is InChI=1S/C9H9Br3O3/c10-6-1-2-7(9(12)8(6)11)15-4-5(14)3-13/h1-2,5,13-14H,3-4H2. The number of halogens is 3. The zero-order chi connectivity index (χ0) is 11.4. The molecule has 0 spiro atoms. The van der Waals surface area contributed by atoms with Crippen LogP contribution in [0.4, 0.5) is 0 Å². The topological polar surface area (TPSA) is 49.7 Å². The number of aliphatic hydroxyl groups excluding tert-OH is 2. The first-order valence-corrected chi connectivity index (χ1v) is 6.49. The van der Waals surface area contributed by atoms with Crippen molar-refractivity contribution in [2.24, 2.45) is 0 Å². The molecule has 0 heterocycles. The predicted molar refractivity (Wildman–Crippen MR) is 68.1 cm³/mol. The van der Waals surface area contributed by atoms with Gasteiger partial charge in [-0.05, 0) is 59.9 Å². The Morgan fingerprint density at radius 2 is 1.87 bits per heavy atom. The summed E-state index contributed by atoms with van der Waals surface area (Å²) in [5.74, 6) is 0.609. The molecule has 0 aliphatic heterocycles. The minimum absolute atomic E-state index is 0.0587. The maximum Gasteiger partial charge on any atom is 0.134 e. The van der Waals surface area contributed by atoms with Crippen LogP contribution in [0.5, 0.6) is 5.75 Å². The lowest BCUT2D eigenvalue weighted by molar-refractivity contribution is 0.0533. The number of ether oxygens (including phenoxy) is 1. The van der Waals surface area contributed by atoms with Crippen LogP contribution in [0.3, 0.4) is 0 Å². The number of rotatable bonds is 4. The first kappa shape index (κ1) is 13.4. The highest BCUT2D eigenvalue weighted by molar-refractivity contribution is 9.14. The average Bonchev–Trinajstić information content (AvgIpc) is 2.24. The van der Waals surface area contributed by atoms with E-state index in [0.29, 0.717) is 5.75 Å². The van der Waals surface area contributed by atoms with Gasteiger partial charge in [0.2, 0.25) is 0 Å². The van der Waals surface area contributed by atoms with Gasteiger partial charge in [0.1, 0.15) is 18.5 Å². The van der Waals surface area contributed by atoms with Crippen molar-refractivity contribution in [3.63, 3.8) is 0 Å². The molecule has 0 radical (unpaired) electrons. The van der Waals surface area contributed by atoms with E-state index in [1.54, 1.807) is 6.07 Å². The Balaban J connectivity index is 2.74. The van der Waals surface area contributed by atoms with Crippen molar-refractivity contribution in [3.8, 4) is 5.75 Å². The number of benzene rings is 1. The average molecular weight is 405 g/mol. The first-order valence-electron chi connectivity index (χ1n) is 4.11. The minimum Gasteiger partial charge on any atom is -0.490 e. The van der Waals surface area contributed by atoms with Crippen LogP contribution in [-0.4, -0.2) is 29.5 Å². The van der Waals surface area contributed by atoms with Crippen molar-refractivity contribution in [1.29, 1.82) is 0 Å². The van der Waals surface area contributed by atoms with E-state index in [4.69, 9.17) is 14.9 Å². The van der Waals surface area contributed by atoms with Crippen LogP contribution in [0.25, 0.3) is 0 Å². The molecule has 3 nitrogen and oxygen atoms in total. The van der Waals surface area contributed by atoms with Crippen molar-refractivity contribution in [3.05, 3.63) is 25.6 Å². The van der Waals surface area contributed by atoms with Crippen LogP contribution in [0.15, 0.2) is 25.6 Å². The van der Waals surface area contributed by atoms with Gasteiger partial charge in [-0.15, -0.1) is 0 Å². The minimum atomic E-state index is -0.862. The molecule has 0 fully saturated rings. The summed E-state index contributed by atoms with van der Waals surface area (Å²) in [6, 6.07) is 3.60. The third kappa shape index (κ3) is 3.71. The molecular formula is C9H9Br3O3. The summed E-state index contributed by atoms with van der Waals surface area (Å²) in [4.78, 5) is 0.